The van der Waals surface area contributed by atoms with E-state index < -0.39 is 0 Å². The smallest absolute Gasteiger partial charge is 0.225 e. The molecule has 3 heteroatoms. The molecule has 0 unspecified atom stereocenters. The molecule has 0 aromatic heterocycles. The molecule has 2 rings (SSSR count). The second-order valence-electron chi connectivity index (χ2n) is 6.28. The number of amides is 1. The van der Waals surface area contributed by atoms with Gasteiger partial charge in [0.05, 0.1) is 0 Å². The first-order chi connectivity index (χ1) is 9.45. The molecule has 0 N–H and O–H groups in total. The number of likely N-dealkylation sites (tertiary alicyclic amines) is 1. The van der Waals surface area contributed by atoms with Gasteiger partial charge in [0.15, 0.2) is 0 Å². The standard InChI is InChI=1S/C17H26N2O/c1-13-9-14(2)11-15(10-13)12-19-7-5-16(6-8-19)17(20)18(3)4/h9-11,16H,5-8,12H2,1-4H3. The third-order valence-electron chi connectivity index (χ3n) is 4.07. The maximum absolute atomic E-state index is 12.0. The largest absolute Gasteiger partial charge is 0.349 e. The summed E-state index contributed by atoms with van der Waals surface area (Å²) in [5, 5.41) is 0. The lowest BCUT2D eigenvalue weighted by Gasteiger charge is -2.32. The molecule has 1 aromatic carbocycles. The summed E-state index contributed by atoms with van der Waals surface area (Å²) < 4.78 is 0. The monoisotopic (exact) mass is 274 g/mol. The van der Waals surface area contributed by atoms with E-state index in [1.807, 2.05) is 14.1 Å². The lowest BCUT2D eigenvalue weighted by molar-refractivity contribution is -0.134. The minimum Gasteiger partial charge on any atom is -0.349 e. The van der Waals surface area contributed by atoms with Crippen LogP contribution in [0.5, 0.6) is 0 Å². The van der Waals surface area contributed by atoms with Gasteiger partial charge in [-0.25, -0.2) is 0 Å². The summed E-state index contributed by atoms with van der Waals surface area (Å²) in [5.41, 5.74) is 4.05. The Morgan fingerprint density at radius 1 is 1.15 bits per heavy atom. The Kier molecular flexibility index (Phi) is 4.81. The molecule has 1 aliphatic heterocycles. The zero-order chi connectivity index (χ0) is 14.7. The molecule has 0 saturated carbocycles. The van der Waals surface area contributed by atoms with Crippen molar-refractivity contribution in [2.45, 2.75) is 33.2 Å². The molecule has 0 spiro atoms. The third kappa shape index (κ3) is 3.83. The maximum Gasteiger partial charge on any atom is 0.225 e. The first-order valence-corrected chi connectivity index (χ1v) is 7.46. The average Bonchev–Trinajstić information content (AvgIpc) is 2.37. The summed E-state index contributed by atoms with van der Waals surface area (Å²) in [6, 6.07) is 6.75. The minimum absolute atomic E-state index is 0.223. The number of benzene rings is 1. The molecule has 110 valence electrons. The quantitative estimate of drug-likeness (QED) is 0.846. The number of rotatable bonds is 3. The molecule has 1 saturated heterocycles. The van der Waals surface area contributed by atoms with Gasteiger partial charge in [-0.05, 0) is 45.3 Å². The molecule has 1 aromatic rings. The fraction of sp³-hybridized carbons (Fsp3) is 0.588. The highest BCUT2D eigenvalue weighted by Crippen LogP contribution is 2.21. The SMILES string of the molecule is Cc1cc(C)cc(CN2CCC(C(=O)N(C)C)CC2)c1. The van der Waals surface area contributed by atoms with Crippen molar-refractivity contribution in [3.05, 3.63) is 34.9 Å². The summed E-state index contributed by atoms with van der Waals surface area (Å²) in [5.74, 6) is 0.511. The number of aryl methyl sites for hydroxylation is 2. The molecule has 1 heterocycles. The maximum atomic E-state index is 12.0. The Hall–Kier alpha value is -1.35. The molecule has 20 heavy (non-hydrogen) atoms. The van der Waals surface area contributed by atoms with Crippen molar-refractivity contribution in [2.75, 3.05) is 27.2 Å². The van der Waals surface area contributed by atoms with Crippen molar-refractivity contribution in [2.24, 2.45) is 5.92 Å². The van der Waals surface area contributed by atoms with Crippen LogP contribution in [0, 0.1) is 19.8 Å². The molecular formula is C17H26N2O. The van der Waals surface area contributed by atoms with Crippen LogP contribution in [-0.4, -0.2) is 42.9 Å². The number of piperidine rings is 1. The van der Waals surface area contributed by atoms with Crippen molar-refractivity contribution in [1.29, 1.82) is 0 Å². The Morgan fingerprint density at radius 3 is 2.20 bits per heavy atom. The number of hydrogen-bond acceptors (Lipinski definition) is 2. The van der Waals surface area contributed by atoms with Crippen LogP contribution in [0.15, 0.2) is 18.2 Å². The third-order valence-corrected chi connectivity index (χ3v) is 4.07. The van der Waals surface area contributed by atoms with Crippen LogP contribution in [0.4, 0.5) is 0 Å². The van der Waals surface area contributed by atoms with Gasteiger partial charge in [0.2, 0.25) is 5.91 Å². The van der Waals surface area contributed by atoms with E-state index in [9.17, 15) is 4.79 Å². The van der Waals surface area contributed by atoms with Crippen molar-refractivity contribution in [1.82, 2.24) is 9.80 Å². The Bertz CT molecular complexity index is 454. The van der Waals surface area contributed by atoms with Crippen molar-refractivity contribution >= 4 is 5.91 Å². The van der Waals surface area contributed by atoms with E-state index in [2.05, 4.69) is 36.9 Å². The Labute approximate surface area is 122 Å². The van der Waals surface area contributed by atoms with E-state index >= 15 is 0 Å². The van der Waals surface area contributed by atoms with Gasteiger partial charge in [-0.2, -0.15) is 0 Å². The highest BCUT2D eigenvalue weighted by Gasteiger charge is 2.25. The van der Waals surface area contributed by atoms with Crippen molar-refractivity contribution in [3.8, 4) is 0 Å². The second kappa shape index (κ2) is 6.40. The zero-order valence-corrected chi connectivity index (χ0v) is 13.1. The van der Waals surface area contributed by atoms with E-state index in [1.165, 1.54) is 16.7 Å². The molecule has 1 amide bonds. The van der Waals surface area contributed by atoms with E-state index in [0.29, 0.717) is 0 Å². The summed E-state index contributed by atoms with van der Waals surface area (Å²) in [6.45, 7) is 7.36. The van der Waals surface area contributed by atoms with E-state index in [1.54, 1.807) is 4.90 Å². The zero-order valence-electron chi connectivity index (χ0n) is 13.1. The molecule has 0 aliphatic carbocycles. The van der Waals surface area contributed by atoms with Crippen LogP contribution in [0.1, 0.15) is 29.5 Å². The van der Waals surface area contributed by atoms with Crippen LogP contribution in [0.2, 0.25) is 0 Å². The highest BCUT2D eigenvalue weighted by atomic mass is 16.2. The van der Waals surface area contributed by atoms with Crippen LogP contribution in [-0.2, 0) is 11.3 Å². The van der Waals surface area contributed by atoms with Gasteiger partial charge in [0.1, 0.15) is 0 Å². The second-order valence-corrected chi connectivity index (χ2v) is 6.28. The average molecular weight is 274 g/mol. The van der Waals surface area contributed by atoms with E-state index in [4.69, 9.17) is 0 Å². The van der Waals surface area contributed by atoms with Crippen LogP contribution < -0.4 is 0 Å². The molecule has 0 radical (unpaired) electrons. The van der Waals surface area contributed by atoms with E-state index in [0.717, 1.165) is 32.5 Å². The molecule has 1 fully saturated rings. The van der Waals surface area contributed by atoms with Gasteiger partial charge in [0.25, 0.3) is 0 Å². The van der Waals surface area contributed by atoms with E-state index in [-0.39, 0.29) is 11.8 Å². The van der Waals surface area contributed by atoms with Gasteiger partial charge in [-0.1, -0.05) is 29.3 Å². The fourth-order valence-corrected chi connectivity index (χ4v) is 3.12. The van der Waals surface area contributed by atoms with Crippen LogP contribution in [0.25, 0.3) is 0 Å². The molecule has 0 bridgehead atoms. The molecular weight excluding hydrogens is 248 g/mol. The Morgan fingerprint density at radius 2 is 1.70 bits per heavy atom. The number of carbonyl (C=O) groups excluding carboxylic acids is 1. The van der Waals surface area contributed by atoms with Gasteiger partial charge in [-0.3, -0.25) is 9.69 Å². The summed E-state index contributed by atoms with van der Waals surface area (Å²) in [4.78, 5) is 16.2. The lowest BCUT2D eigenvalue weighted by atomic mass is 9.95. The first-order valence-electron chi connectivity index (χ1n) is 7.46. The molecule has 1 aliphatic rings. The van der Waals surface area contributed by atoms with Gasteiger partial charge in [-0.15, -0.1) is 0 Å². The lowest BCUT2D eigenvalue weighted by Crippen LogP contribution is -2.39. The van der Waals surface area contributed by atoms with Crippen LogP contribution in [0.3, 0.4) is 0 Å². The normalized spacial score (nSPS) is 17.2. The number of carbonyl (C=O) groups is 1. The highest BCUT2D eigenvalue weighted by molar-refractivity contribution is 5.78. The predicted octanol–water partition coefficient (Wildman–Crippen LogP) is 2.60. The predicted molar refractivity (Wildman–Crippen MR) is 82.6 cm³/mol. The van der Waals surface area contributed by atoms with Gasteiger partial charge >= 0.3 is 0 Å². The van der Waals surface area contributed by atoms with Gasteiger partial charge in [0, 0.05) is 26.6 Å². The fourth-order valence-electron chi connectivity index (χ4n) is 3.12. The summed E-state index contributed by atoms with van der Waals surface area (Å²) in [7, 11) is 3.70. The summed E-state index contributed by atoms with van der Waals surface area (Å²) in [6.07, 6.45) is 1.98. The van der Waals surface area contributed by atoms with Crippen molar-refractivity contribution < 1.29 is 4.79 Å². The number of hydrogen-bond donors (Lipinski definition) is 0. The number of nitrogens with zero attached hydrogens (tertiary/aromatic N) is 2. The first kappa shape index (κ1) is 15.0. The van der Waals surface area contributed by atoms with Gasteiger partial charge < -0.3 is 4.90 Å². The summed E-state index contributed by atoms with van der Waals surface area (Å²) >= 11 is 0. The topological polar surface area (TPSA) is 23.6 Å². The minimum atomic E-state index is 0.223. The molecule has 0 atom stereocenters. The molecule has 3 nitrogen and oxygen atoms in total. The van der Waals surface area contributed by atoms with Crippen molar-refractivity contribution in [3.63, 3.8) is 0 Å². The van der Waals surface area contributed by atoms with Crippen LogP contribution >= 0.6 is 0 Å². The Balaban J connectivity index is 1.90.